The van der Waals surface area contributed by atoms with Crippen LogP contribution in [0.15, 0.2) is 47.8 Å². The van der Waals surface area contributed by atoms with Crippen LogP contribution in [0.3, 0.4) is 0 Å². The van der Waals surface area contributed by atoms with E-state index in [9.17, 15) is 4.79 Å². The van der Waals surface area contributed by atoms with Gasteiger partial charge in [-0.2, -0.15) is 0 Å². The van der Waals surface area contributed by atoms with E-state index < -0.39 is 0 Å². The monoisotopic (exact) mass is 413 g/mol. The van der Waals surface area contributed by atoms with Crippen molar-refractivity contribution in [3.8, 4) is 5.75 Å². The highest BCUT2D eigenvalue weighted by Gasteiger charge is 2.16. The molecule has 0 fully saturated rings. The number of rotatable bonds is 9. The molecule has 0 unspecified atom stereocenters. The molecule has 0 radical (unpaired) electrons. The number of fused-ring (bicyclic) bond motifs is 1. The quantitative estimate of drug-likeness (QED) is 0.563. The van der Waals surface area contributed by atoms with Crippen LogP contribution in [0.2, 0.25) is 0 Å². The van der Waals surface area contributed by atoms with Gasteiger partial charge >= 0.3 is 6.03 Å². The molecule has 0 saturated heterocycles. The molecule has 1 N–H and O–H groups in total. The molecule has 6 nitrogen and oxygen atoms in total. The zero-order valence-electron chi connectivity index (χ0n) is 17.1. The minimum absolute atomic E-state index is 0.0765. The van der Waals surface area contributed by atoms with E-state index in [0.717, 1.165) is 27.2 Å². The second kappa shape index (κ2) is 10.2. The molecule has 0 saturated carbocycles. The normalized spacial score (nSPS) is 11.0. The Morgan fingerprint density at radius 3 is 2.79 bits per heavy atom. The van der Waals surface area contributed by atoms with Crippen molar-refractivity contribution in [2.24, 2.45) is 0 Å². The lowest BCUT2D eigenvalue weighted by Gasteiger charge is -2.23. The highest BCUT2D eigenvalue weighted by Crippen LogP contribution is 2.26. The minimum Gasteiger partial charge on any atom is -0.486 e. The van der Waals surface area contributed by atoms with Gasteiger partial charge in [0.05, 0.1) is 18.8 Å². The molecular weight excluding hydrogens is 386 g/mol. The lowest BCUT2D eigenvalue weighted by Crippen LogP contribution is -2.44. The largest absolute Gasteiger partial charge is 0.486 e. The van der Waals surface area contributed by atoms with Crippen molar-refractivity contribution in [3.63, 3.8) is 0 Å². The van der Waals surface area contributed by atoms with Gasteiger partial charge in [-0.1, -0.05) is 36.4 Å². The molecule has 2 amide bonds. The van der Waals surface area contributed by atoms with E-state index in [1.165, 1.54) is 11.3 Å². The Morgan fingerprint density at radius 1 is 1.21 bits per heavy atom. The number of amides is 2. The van der Waals surface area contributed by atoms with Gasteiger partial charge in [-0.25, -0.2) is 9.78 Å². The van der Waals surface area contributed by atoms with Gasteiger partial charge in [0, 0.05) is 30.5 Å². The van der Waals surface area contributed by atoms with Crippen LogP contribution >= 0.6 is 11.3 Å². The summed E-state index contributed by atoms with van der Waals surface area (Å²) >= 11 is 1.54. The van der Waals surface area contributed by atoms with E-state index in [1.807, 2.05) is 43.5 Å². The molecule has 0 atom stereocenters. The predicted octanol–water partition coefficient (Wildman–Crippen LogP) is 4.44. The Labute approximate surface area is 175 Å². The van der Waals surface area contributed by atoms with Crippen LogP contribution in [0.25, 0.3) is 10.8 Å². The number of carbonyl (C=O) groups is 1. The van der Waals surface area contributed by atoms with Gasteiger partial charge in [0.25, 0.3) is 0 Å². The van der Waals surface area contributed by atoms with Crippen LogP contribution in [0.4, 0.5) is 4.79 Å². The van der Waals surface area contributed by atoms with Gasteiger partial charge in [0.1, 0.15) is 17.4 Å². The lowest BCUT2D eigenvalue weighted by molar-refractivity contribution is 0.145. The standard InChI is InChI=1S/C22H27N3O3S/c1-16(2)23-22(26)25(11-12-27-3)13-18-15-29-21(24-18)14-28-20-10-6-8-17-7-4-5-9-19(17)20/h4-10,15-16H,11-14H2,1-3H3,(H,23,26). The number of benzene rings is 2. The van der Waals surface area contributed by atoms with Gasteiger partial charge in [0.2, 0.25) is 0 Å². The van der Waals surface area contributed by atoms with Crippen LogP contribution in [0.5, 0.6) is 5.75 Å². The first kappa shape index (κ1) is 21.1. The van der Waals surface area contributed by atoms with Crippen LogP contribution in [-0.4, -0.2) is 42.2 Å². The highest BCUT2D eigenvalue weighted by molar-refractivity contribution is 7.09. The molecule has 1 aromatic heterocycles. The van der Waals surface area contributed by atoms with E-state index in [0.29, 0.717) is 26.3 Å². The maximum atomic E-state index is 12.4. The lowest BCUT2D eigenvalue weighted by atomic mass is 10.1. The number of aromatic nitrogens is 1. The zero-order chi connectivity index (χ0) is 20.6. The molecule has 0 bridgehead atoms. The summed E-state index contributed by atoms with van der Waals surface area (Å²) in [7, 11) is 1.63. The van der Waals surface area contributed by atoms with E-state index in [-0.39, 0.29) is 12.1 Å². The van der Waals surface area contributed by atoms with Crippen LogP contribution in [0.1, 0.15) is 24.5 Å². The van der Waals surface area contributed by atoms with Crippen LogP contribution in [-0.2, 0) is 17.9 Å². The molecule has 154 valence electrons. The van der Waals surface area contributed by atoms with Crippen LogP contribution < -0.4 is 10.1 Å². The number of nitrogens with zero attached hydrogens (tertiary/aromatic N) is 2. The highest BCUT2D eigenvalue weighted by atomic mass is 32.1. The molecule has 29 heavy (non-hydrogen) atoms. The summed E-state index contributed by atoms with van der Waals surface area (Å²) in [6.07, 6.45) is 0. The average Bonchev–Trinajstić information content (AvgIpc) is 3.16. The van der Waals surface area contributed by atoms with Crippen molar-refractivity contribution in [2.75, 3.05) is 20.3 Å². The number of hydrogen-bond acceptors (Lipinski definition) is 5. The van der Waals surface area contributed by atoms with Crippen molar-refractivity contribution < 1.29 is 14.3 Å². The van der Waals surface area contributed by atoms with Crippen molar-refractivity contribution >= 4 is 28.1 Å². The zero-order valence-corrected chi connectivity index (χ0v) is 17.9. The smallest absolute Gasteiger partial charge is 0.318 e. The number of nitrogens with one attached hydrogen (secondary N) is 1. The first-order valence-electron chi connectivity index (χ1n) is 9.65. The number of thiazole rings is 1. The minimum atomic E-state index is -0.112. The number of methoxy groups -OCH3 is 1. The average molecular weight is 414 g/mol. The first-order chi connectivity index (χ1) is 14.1. The Bertz CT molecular complexity index is 936. The summed E-state index contributed by atoms with van der Waals surface area (Å²) in [5, 5.41) is 8.01. The van der Waals surface area contributed by atoms with Gasteiger partial charge < -0.3 is 19.7 Å². The van der Waals surface area contributed by atoms with E-state index in [2.05, 4.69) is 28.5 Å². The Morgan fingerprint density at radius 2 is 2.00 bits per heavy atom. The van der Waals surface area contributed by atoms with Crippen molar-refractivity contribution in [2.45, 2.75) is 33.0 Å². The molecule has 0 aliphatic carbocycles. The first-order valence-corrected chi connectivity index (χ1v) is 10.5. The SMILES string of the molecule is COCCN(Cc1csc(COc2cccc3ccccc23)n1)C(=O)NC(C)C. The second-order valence-corrected chi connectivity index (χ2v) is 7.96. The summed E-state index contributed by atoms with van der Waals surface area (Å²) in [6, 6.07) is 14.1. The van der Waals surface area contributed by atoms with Gasteiger partial charge in [-0.3, -0.25) is 0 Å². The number of ether oxygens (including phenoxy) is 2. The molecule has 3 rings (SSSR count). The Hall–Kier alpha value is -2.64. The molecule has 2 aromatic carbocycles. The van der Waals surface area contributed by atoms with Gasteiger partial charge in [0.15, 0.2) is 0 Å². The summed E-state index contributed by atoms with van der Waals surface area (Å²) in [6.45, 7) is 5.71. The van der Waals surface area contributed by atoms with E-state index in [1.54, 1.807) is 12.0 Å². The van der Waals surface area contributed by atoms with Crippen molar-refractivity contribution in [1.82, 2.24) is 15.2 Å². The molecular formula is C22H27N3O3S. The molecule has 3 aromatic rings. The molecule has 7 heteroatoms. The topological polar surface area (TPSA) is 63.7 Å². The molecule has 0 spiro atoms. The molecule has 0 aliphatic rings. The Kier molecular flexibility index (Phi) is 7.43. The number of urea groups is 1. The summed E-state index contributed by atoms with van der Waals surface area (Å²) < 4.78 is 11.2. The summed E-state index contributed by atoms with van der Waals surface area (Å²) in [5.41, 5.74) is 0.849. The van der Waals surface area contributed by atoms with E-state index in [4.69, 9.17) is 9.47 Å². The third-order valence-corrected chi connectivity index (χ3v) is 5.19. The number of carbonyl (C=O) groups excluding carboxylic acids is 1. The van der Waals surface area contributed by atoms with Gasteiger partial charge in [-0.05, 0) is 25.3 Å². The van der Waals surface area contributed by atoms with Crippen LogP contribution in [0, 0.1) is 0 Å². The summed E-state index contributed by atoms with van der Waals surface area (Å²) in [4.78, 5) is 18.8. The fraction of sp³-hybridized carbons (Fsp3) is 0.364. The van der Waals surface area contributed by atoms with Crippen molar-refractivity contribution in [1.29, 1.82) is 0 Å². The second-order valence-electron chi connectivity index (χ2n) is 7.02. The number of hydrogen-bond donors (Lipinski definition) is 1. The molecule has 0 aliphatic heterocycles. The fourth-order valence-corrected chi connectivity index (χ4v) is 3.63. The summed E-state index contributed by atoms with van der Waals surface area (Å²) in [5.74, 6) is 0.845. The van der Waals surface area contributed by atoms with Gasteiger partial charge in [-0.15, -0.1) is 11.3 Å². The van der Waals surface area contributed by atoms with E-state index >= 15 is 0 Å². The van der Waals surface area contributed by atoms with Crippen molar-refractivity contribution in [3.05, 3.63) is 58.5 Å². The third-order valence-electron chi connectivity index (χ3n) is 4.32. The fourth-order valence-electron chi connectivity index (χ4n) is 2.94. The molecule has 1 heterocycles. The Balaban J connectivity index is 1.63. The maximum absolute atomic E-state index is 12.4. The predicted molar refractivity (Wildman–Crippen MR) is 116 cm³/mol. The maximum Gasteiger partial charge on any atom is 0.318 e. The third kappa shape index (κ3) is 5.92.